The molecule has 0 radical (unpaired) electrons. The lowest BCUT2D eigenvalue weighted by molar-refractivity contribution is -0.140. The second-order valence-corrected chi connectivity index (χ2v) is 7.40. The molecule has 0 aliphatic carbocycles. The van der Waals surface area contributed by atoms with Crippen LogP contribution in [0.2, 0.25) is 0 Å². The fourth-order valence-corrected chi connectivity index (χ4v) is 3.82. The van der Waals surface area contributed by atoms with Gasteiger partial charge >= 0.3 is 0 Å². The van der Waals surface area contributed by atoms with E-state index in [1.54, 1.807) is 30.4 Å². The Labute approximate surface area is 169 Å². The fraction of sp³-hybridized carbons (Fsp3) is 0.273. The van der Waals surface area contributed by atoms with E-state index in [1.165, 1.54) is 0 Å². The third-order valence-electron chi connectivity index (χ3n) is 5.44. The van der Waals surface area contributed by atoms with Crippen LogP contribution in [0.4, 0.5) is 5.82 Å². The van der Waals surface area contributed by atoms with Gasteiger partial charge in [0.05, 0.1) is 17.7 Å². The van der Waals surface area contributed by atoms with Gasteiger partial charge in [-0.25, -0.2) is 0 Å². The van der Waals surface area contributed by atoms with E-state index in [0.717, 1.165) is 22.4 Å². The van der Waals surface area contributed by atoms with Gasteiger partial charge in [-0.1, -0.05) is 29.8 Å². The molecule has 2 amide bonds. The van der Waals surface area contributed by atoms with Crippen molar-refractivity contribution in [2.45, 2.75) is 25.8 Å². The van der Waals surface area contributed by atoms with Crippen molar-refractivity contribution in [3.05, 3.63) is 66.0 Å². The Morgan fingerprint density at radius 3 is 2.62 bits per heavy atom. The van der Waals surface area contributed by atoms with Crippen LogP contribution in [0.1, 0.15) is 30.0 Å². The number of H-pyrrole nitrogens is 1. The van der Waals surface area contributed by atoms with Gasteiger partial charge in [0.25, 0.3) is 0 Å². The van der Waals surface area contributed by atoms with Crippen LogP contribution in [0, 0.1) is 12.8 Å². The Hall–Kier alpha value is -3.48. The lowest BCUT2D eigenvalue weighted by Gasteiger charge is -2.38. The van der Waals surface area contributed by atoms with Crippen LogP contribution >= 0.6 is 0 Å². The summed E-state index contributed by atoms with van der Waals surface area (Å²) in [6, 6.07) is 13.2. The highest BCUT2D eigenvalue weighted by molar-refractivity contribution is 5.94. The van der Waals surface area contributed by atoms with Crippen LogP contribution in [-0.2, 0) is 9.59 Å². The zero-order valence-electron chi connectivity index (χ0n) is 16.4. The van der Waals surface area contributed by atoms with Crippen molar-refractivity contribution < 1.29 is 9.59 Å². The summed E-state index contributed by atoms with van der Waals surface area (Å²) >= 11 is 0. The first-order valence-electron chi connectivity index (χ1n) is 9.62. The van der Waals surface area contributed by atoms with E-state index in [1.807, 2.05) is 43.3 Å². The molecule has 0 saturated carbocycles. The fourth-order valence-electron chi connectivity index (χ4n) is 3.82. The molecule has 0 bridgehead atoms. The Kier molecular flexibility index (Phi) is 5.12. The Morgan fingerprint density at radius 1 is 1.17 bits per heavy atom. The molecule has 3 aromatic rings. The maximum Gasteiger partial charge on any atom is 0.231 e. The molecule has 1 fully saturated rings. The highest BCUT2D eigenvalue weighted by Gasteiger charge is 2.39. The van der Waals surface area contributed by atoms with Crippen molar-refractivity contribution in [2.75, 3.05) is 12.4 Å². The van der Waals surface area contributed by atoms with Gasteiger partial charge in [0.15, 0.2) is 5.82 Å². The number of aryl methyl sites for hydroxylation is 1. The third-order valence-corrected chi connectivity index (χ3v) is 5.44. The zero-order chi connectivity index (χ0) is 20.4. The quantitative estimate of drug-likeness (QED) is 0.716. The zero-order valence-corrected chi connectivity index (χ0v) is 16.4. The van der Waals surface area contributed by atoms with Crippen molar-refractivity contribution in [3.8, 4) is 11.3 Å². The molecule has 1 saturated heterocycles. The predicted molar refractivity (Wildman–Crippen MR) is 110 cm³/mol. The summed E-state index contributed by atoms with van der Waals surface area (Å²) in [4.78, 5) is 31.1. The van der Waals surface area contributed by atoms with Crippen molar-refractivity contribution >= 4 is 17.6 Å². The molecule has 2 N–H and O–H groups in total. The molecule has 29 heavy (non-hydrogen) atoms. The van der Waals surface area contributed by atoms with E-state index in [4.69, 9.17) is 0 Å². The Morgan fingerprint density at radius 2 is 1.90 bits per heavy atom. The molecule has 4 rings (SSSR count). The van der Waals surface area contributed by atoms with Crippen molar-refractivity contribution in [3.63, 3.8) is 0 Å². The molecule has 7 heteroatoms. The predicted octanol–water partition coefficient (Wildman–Crippen LogP) is 3.33. The van der Waals surface area contributed by atoms with Gasteiger partial charge in [0, 0.05) is 37.5 Å². The summed E-state index contributed by atoms with van der Waals surface area (Å²) in [6.45, 7) is 2.02. The van der Waals surface area contributed by atoms with Crippen LogP contribution in [-0.4, -0.2) is 38.9 Å². The molecular formula is C22H23N5O2. The normalized spacial score (nSPS) is 19.2. The molecule has 1 aromatic carbocycles. The van der Waals surface area contributed by atoms with Gasteiger partial charge in [0.2, 0.25) is 11.8 Å². The number of likely N-dealkylation sites (tertiary alicyclic amines) is 1. The Balaban J connectivity index is 1.55. The number of carbonyl (C=O) groups is 2. The number of carbonyl (C=O) groups excluding carboxylic acids is 2. The maximum absolute atomic E-state index is 13.1. The van der Waals surface area contributed by atoms with Gasteiger partial charge in [-0.15, -0.1) is 0 Å². The van der Waals surface area contributed by atoms with Gasteiger partial charge < -0.3 is 10.2 Å². The van der Waals surface area contributed by atoms with E-state index >= 15 is 0 Å². The number of hydrogen-bond donors (Lipinski definition) is 2. The summed E-state index contributed by atoms with van der Waals surface area (Å²) in [5.74, 6) is 0.0348. The van der Waals surface area contributed by atoms with E-state index in [-0.39, 0.29) is 23.8 Å². The Bertz CT molecular complexity index is 1010. The molecule has 3 heterocycles. The number of aromatic amines is 1. The average Bonchev–Trinajstić information content (AvgIpc) is 3.20. The summed E-state index contributed by atoms with van der Waals surface area (Å²) in [5.41, 5.74) is 3.84. The summed E-state index contributed by atoms with van der Waals surface area (Å²) in [7, 11) is 1.77. The monoisotopic (exact) mass is 389 g/mol. The van der Waals surface area contributed by atoms with Crippen LogP contribution in [0.3, 0.4) is 0 Å². The number of piperidine rings is 1. The van der Waals surface area contributed by atoms with Crippen molar-refractivity contribution in [2.24, 2.45) is 5.92 Å². The number of amides is 2. The third kappa shape index (κ3) is 3.89. The minimum absolute atomic E-state index is 0.0550. The van der Waals surface area contributed by atoms with Gasteiger partial charge in [-0.3, -0.25) is 19.7 Å². The maximum atomic E-state index is 13.1. The smallest absolute Gasteiger partial charge is 0.231 e. The lowest BCUT2D eigenvalue weighted by atomic mass is 9.83. The second kappa shape index (κ2) is 7.87. The molecule has 0 spiro atoms. The first-order chi connectivity index (χ1) is 14.0. The molecular weight excluding hydrogens is 366 g/mol. The van der Waals surface area contributed by atoms with Crippen LogP contribution in [0.5, 0.6) is 0 Å². The first-order valence-corrected chi connectivity index (χ1v) is 9.62. The first kappa shape index (κ1) is 18.9. The van der Waals surface area contributed by atoms with E-state index in [2.05, 4.69) is 20.5 Å². The topological polar surface area (TPSA) is 91.0 Å². The summed E-state index contributed by atoms with van der Waals surface area (Å²) < 4.78 is 0. The van der Waals surface area contributed by atoms with Crippen LogP contribution in [0.15, 0.2) is 54.9 Å². The highest BCUT2D eigenvalue weighted by Crippen LogP contribution is 2.36. The standard InChI is InChI=1S/C22H23N5O2/c1-14-3-5-16(6-4-14)21-17(7-8-20(28)27(21)2)22(29)24-19-13-18(25-26-19)15-9-11-23-12-10-15/h3-6,9-13,17,21H,7-8H2,1-2H3,(H2,24,25,26,29). The number of nitrogens with one attached hydrogen (secondary N) is 2. The molecule has 1 aliphatic heterocycles. The van der Waals surface area contributed by atoms with Crippen LogP contribution < -0.4 is 5.32 Å². The van der Waals surface area contributed by atoms with Gasteiger partial charge in [-0.2, -0.15) is 5.10 Å². The number of nitrogens with zero attached hydrogens (tertiary/aromatic N) is 3. The molecule has 2 aromatic heterocycles. The average molecular weight is 389 g/mol. The molecule has 2 unspecified atom stereocenters. The lowest BCUT2D eigenvalue weighted by Crippen LogP contribution is -2.44. The SMILES string of the molecule is Cc1ccc(C2C(C(=O)Nc3cc(-c4ccncc4)[nH]n3)CCC(=O)N2C)cc1. The number of hydrogen-bond acceptors (Lipinski definition) is 4. The minimum atomic E-state index is -0.346. The highest BCUT2D eigenvalue weighted by atomic mass is 16.2. The molecule has 7 nitrogen and oxygen atoms in total. The number of aromatic nitrogens is 3. The van der Waals surface area contributed by atoms with Crippen molar-refractivity contribution in [1.29, 1.82) is 0 Å². The molecule has 148 valence electrons. The molecule has 2 atom stereocenters. The number of pyridine rings is 1. The van der Waals surface area contributed by atoms with Crippen molar-refractivity contribution in [1.82, 2.24) is 20.1 Å². The van der Waals surface area contributed by atoms with E-state index in [9.17, 15) is 9.59 Å². The summed E-state index contributed by atoms with van der Waals surface area (Å²) in [5, 5.41) is 10.1. The van der Waals surface area contributed by atoms with E-state index < -0.39 is 0 Å². The summed E-state index contributed by atoms with van der Waals surface area (Å²) in [6.07, 6.45) is 4.28. The minimum Gasteiger partial charge on any atom is -0.338 e. The number of rotatable bonds is 4. The molecule has 1 aliphatic rings. The van der Waals surface area contributed by atoms with Gasteiger partial charge in [-0.05, 0) is 31.0 Å². The van der Waals surface area contributed by atoms with Gasteiger partial charge in [0.1, 0.15) is 0 Å². The number of benzene rings is 1. The second-order valence-electron chi connectivity index (χ2n) is 7.40. The van der Waals surface area contributed by atoms with Crippen LogP contribution in [0.25, 0.3) is 11.3 Å². The number of anilines is 1. The largest absolute Gasteiger partial charge is 0.338 e. The van der Waals surface area contributed by atoms with E-state index in [0.29, 0.717) is 18.7 Å².